The summed E-state index contributed by atoms with van der Waals surface area (Å²) in [4.78, 5) is 58.4. The lowest BCUT2D eigenvalue weighted by atomic mass is 9.64. The van der Waals surface area contributed by atoms with Crippen molar-refractivity contribution in [2.45, 2.75) is 24.9 Å². The van der Waals surface area contributed by atoms with Crippen molar-refractivity contribution in [3.63, 3.8) is 0 Å². The number of Topliss-reactive ketones (excluding diaryl/α,β-unsaturated/α-hetero) is 3. The monoisotopic (exact) mass is 569 g/mol. The van der Waals surface area contributed by atoms with Gasteiger partial charge in [-0.3, -0.25) is 19.2 Å². The van der Waals surface area contributed by atoms with E-state index >= 15 is 0 Å². The van der Waals surface area contributed by atoms with Crippen LogP contribution in [0.4, 0.5) is 5.69 Å². The SMILES string of the molecule is COc1ccc([C@H]2[C@H](C(=O)c3ccccc3)N3c4c(cccc4OC(C)=O)C=C[C@H]3C23C(=O)c2ccccc2C3=O)cc1. The molecule has 2 aliphatic heterocycles. The Hall–Kier alpha value is -5.30. The number of rotatable bonds is 5. The Labute approximate surface area is 248 Å². The lowest BCUT2D eigenvalue weighted by Gasteiger charge is -2.37. The fraction of sp³-hybridized carbons (Fsp3) is 0.167. The Morgan fingerprint density at radius 2 is 1.44 bits per heavy atom. The molecule has 7 rings (SSSR count). The van der Waals surface area contributed by atoms with Gasteiger partial charge in [-0.15, -0.1) is 0 Å². The van der Waals surface area contributed by atoms with Crippen LogP contribution in [0.1, 0.15) is 55.0 Å². The van der Waals surface area contributed by atoms with Gasteiger partial charge in [-0.05, 0) is 23.8 Å². The number of esters is 1. The van der Waals surface area contributed by atoms with Gasteiger partial charge in [-0.1, -0.05) is 91.0 Å². The van der Waals surface area contributed by atoms with E-state index in [0.717, 1.165) is 0 Å². The number of hydrogen-bond donors (Lipinski definition) is 0. The number of para-hydroxylation sites is 1. The van der Waals surface area contributed by atoms with E-state index < -0.39 is 29.4 Å². The summed E-state index contributed by atoms with van der Waals surface area (Å²) in [5.41, 5.74) is 1.31. The number of carbonyl (C=O) groups is 4. The van der Waals surface area contributed by atoms with Crippen LogP contribution in [0.15, 0.2) is 103 Å². The molecule has 0 amide bonds. The smallest absolute Gasteiger partial charge is 0.308 e. The first-order valence-electron chi connectivity index (χ1n) is 14.1. The molecule has 1 aliphatic carbocycles. The quantitative estimate of drug-likeness (QED) is 0.127. The molecule has 4 aromatic carbocycles. The van der Waals surface area contributed by atoms with E-state index in [-0.39, 0.29) is 23.1 Å². The highest BCUT2D eigenvalue weighted by Gasteiger charge is 2.71. The third-order valence-corrected chi connectivity index (χ3v) is 8.84. The second kappa shape index (κ2) is 9.91. The normalized spacial score (nSPS) is 20.9. The van der Waals surface area contributed by atoms with Crippen molar-refractivity contribution in [3.05, 3.63) is 131 Å². The van der Waals surface area contributed by atoms with Crippen molar-refractivity contribution < 1.29 is 28.7 Å². The molecule has 3 atom stereocenters. The average Bonchev–Trinajstić information content (AvgIpc) is 3.47. The molecule has 0 unspecified atom stereocenters. The summed E-state index contributed by atoms with van der Waals surface area (Å²) in [6, 6.07) is 26.4. The second-order valence-electron chi connectivity index (χ2n) is 11.0. The zero-order valence-corrected chi connectivity index (χ0v) is 23.5. The zero-order valence-electron chi connectivity index (χ0n) is 23.5. The third kappa shape index (κ3) is 3.74. The van der Waals surface area contributed by atoms with E-state index in [1.807, 2.05) is 41.3 Å². The molecule has 3 aliphatic rings. The van der Waals surface area contributed by atoms with Crippen LogP contribution in [0.2, 0.25) is 0 Å². The van der Waals surface area contributed by atoms with Crippen molar-refractivity contribution >= 4 is 35.1 Å². The first-order chi connectivity index (χ1) is 20.9. The highest BCUT2D eigenvalue weighted by atomic mass is 16.5. The van der Waals surface area contributed by atoms with Crippen LogP contribution < -0.4 is 14.4 Å². The first kappa shape index (κ1) is 26.6. The van der Waals surface area contributed by atoms with Gasteiger partial charge in [0.1, 0.15) is 17.2 Å². The minimum Gasteiger partial charge on any atom is -0.497 e. The molecule has 1 spiro atoms. The predicted molar refractivity (Wildman–Crippen MR) is 161 cm³/mol. The van der Waals surface area contributed by atoms with Crippen LogP contribution >= 0.6 is 0 Å². The van der Waals surface area contributed by atoms with Crippen LogP contribution in [0, 0.1) is 5.41 Å². The standard InChI is InChI=1S/C36H27NO6/c1-21(38)43-28-14-8-11-23-17-20-29-36(34(40)26-12-6-7-13-27(26)35(36)41)30(22-15-18-25(42-2)19-16-22)32(37(29)31(23)28)33(39)24-9-4-3-5-10-24/h3-20,29-30,32H,1-2H3/t29-,30-,32+/m0/s1. The lowest BCUT2D eigenvalue weighted by Crippen LogP contribution is -2.48. The summed E-state index contributed by atoms with van der Waals surface area (Å²) in [5.74, 6) is -1.45. The number of methoxy groups -OCH3 is 1. The summed E-state index contributed by atoms with van der Waals surface area (Å²) in [6.07, 6.45) is 3.69. The van der Waals surface area contributed by atoms with E-state index in [9.17, 15) is 19.2 Å². The highest BCUT2D eigenvalue weighted by molar-refractivity contribution is 6.32. The van der Waals surface area contributed by atoms with Gasteiger partial charge in [0.25, 0.3) is 0 Å². The largest absolute Gasteiger partial charge is 0.497 e. The van der Waals surface area contributed by atoms with Gasteiger partial charge in [0.05, 0.1) is 18.8 Å². The van der Waals surface area contributed by atoms with Gasteiger partial charge in [0.2, 0.25) is 0 Å². The van der Waals surface area contributed by atoms with E-state index in [1.54, 1.807) is 79.9 Å². The molecule has 7 heteroatoms. The predicted octanol–water partition coefficient (Wildman–Crippen LogP) is 5.94. The lowest BCUT2D eigenvalue weighted by molar-refractivity contribution is -0.131. The van der Waals surface area contributed by atoms with Crippen LogP contribution in [0.25, 0.3) is 6.08 Å². The summed E-state index contributed by atoms with van der Waals surface area (Å²) < 4.78 is 11.1. The Morgan fingerprint density at radius 3 is 2.07 bits per heavy atom. The highest BCUT2D eigenvalue weighted by Crippen LogP contribution is 2.62. The van der Waals surface area contributed by atoms with Gasteiger partial charge in [0.15, 0.2) is 23.1 Å². The van der Waals surface area contributed by atoms with Crippen molar-refractivity contribution in [3.8, 4) is 11.5 Å². The molecular formula is C36H27NO6. The molecule has 43 heavy (non-hydrogen) atoms. The number of anilines is 1. The van der Waals surface area contributed by atoms with Crippen molar-refractivity contribution in [1.82, 2.24) is 0 Å². The van der Waals surface area contributed by atoms with Crippen molar-refractivity contribution in [1.29, 1.82) is 0 Å². The summed E-state index contributed by atoms with van der Waals surface area (Å²) >= 11 is 0. The molecule has 1 fully saturated rings. The van der Waals surface area contributed by atoms with E-state index in [4.69, 9.17) is 9.47 Å². The summed E-state index contributed by atoms with van der Waals surface area (Å²) in [6.45, 7) is 1.31. The summed E-state index contributed by atoms with van der Waals surface area (Å²) in [7, 11) is 1.56. The Kier molecular flexibility index (Phi) is 6.13. The van der Waals surface area contributed by atoms with Crippen LogP contribution in [-0.4, -0.2) is 42.5 Å². The summed E-state index contributed by atoms with van der Waals surface area (Å²) in [5, 5.41) is 0. The molecule has 4 aromatic rings. The number of ether oxygens (including phenoxy) is 2. The topological polar surface area (TPSA) is 90.0 Å². The molecule has 7 nitrogen and oxygen atoms in total. The molecule has 2 heterocycles. The second-order valence-corrected chi connectivity index (χ2v) is 11.0. The van der Waals surface area contributed by atoms with Gasteiger partial charge >= 0.3 is 5.97 Å². The van der Waals surface area contributed by atoms with Gasteiger partial charge in [-0.25, -0.2) is 0 Å². The van der Waals surface area contributed by atoms with Crippen LogP contribution in [-0.2, 0) is 4.79 Å². The van der Waals surface area contributed by atoms with Gasteiger partial charge in [-0.2, -0.15) is 0 Å². The molecule has 0 saturated carbocycles. The van der Waals surface area contributed by atoms with Gasteiger partial charge < -0.3 is 14.4 Å². The minimum absolute atomic E-state index is 0.251. The van der Waals surface area contributed by atoms with Crippen molar-refractivity contribution in [2.75, 3.05) is 12.0 Å². The maximum absolute atomic E-state index is 14.8. The molecule has 0 N–H and O–H groups in total. The van der Waals surface area contributed by atoms with Crippen LogP contribution in [0.5, 0.6) is 11.5 Å². The number of ketones is 3. The van der Waals surface area contributed by atoms with Gasteiger partial charge in [0, 0.05) is 35.1 Å². The molecular weight excluding hydrogens is 542 g/mol. The molecule has 212 valence electrons. The molecule has 0 bridgehead atoms. The third-order valence-electron chi connectivity index (χ3n) is 8.84. The van der Waals surface area contributed by atoms with Crippen molar-refractivity contribution in [2.24, 2.45) is 5.41 Å². The zero-order chi connectivity index (χ0) is 29.9. The maximum Gasteiger partial charge on any atom is 0.308 e. The number of nitrogens with zero attached hydrogens (tertiary/aromatic N) is 1. The minimum atomic E-state index is -1.66. The molecule has 0 aromatic heterocycles. The Morgan fingerprint density at radius 1 is 0.791 bits per heavy atom. The fourth-order valence-electron chi connectivity index (χ4n) is 7.18. The Bertz CT molecular complexity index is 1810. The van der Waals surface area contributed by atoms with Crippen LogP contribution in [0.3, 0.4) is 0 Å². The first-order valence-corrected chi connectivity index (χ1v) is 14.1. The number of carbonyl (C=O) groups excluding carboxylic acids is 4. The average molecular weight is 570 g/mol. The molecule has 1 saturated heterocycles. The Balaban J connectivity index is 1.56. The van der Waals surface area contributed by atoms with E-state index in [2.05, 4.69) is 0 Å². The van der Waals surface area contributed by atoms with E-state index in [0.29, 0.717) is 39.3 Å². The fourth-order valence-corrected chi connectivity index (χ4v) is 7.18. The maximum atomic E-state index is 14.8. The molecule has 0 radical (unpaired) electrons. The van der Waals surface area contributed by atoms with E-state index in [1.165, 1.54) is 6.92 Å². The number of fused-ring (bicyclic) bond motifs is 5. The number of benzene rings is 4. The number of hydrogen-bond acceptors (Lipinski definition) is 7.